The van der Waals surface area contributed by atoms with Gasteiger partial charge in [0, 0.05) is 26.2 Å². The molecule has 0 saturated carbocycles. The highest BCUT2D eigenvalue weighted by Crippen LogP contribution is 2.31. The molecule has 1 fully saturated rings. The minimum atomic E-state index is -2.17. The number of aliphatic hydroxyl groups excluding tert-OH is 2. The molecule has 1 aromatic carbocycles. The average Bonchev–Trinajstić information content (AvgIpc) is 2.93. The van der Waals surface area contributed by atoms with E-state index in [2.05, 4.69) is 5.32 Å². The van der Waals surface area contributed by atoms with Crippen molar-refractivity contribution in [2.45, 2.75) is 87.7 Å². The average molecular weight is 584 g/mol. The summed E-state index contributed by atoms with van der Waals surface area (Å²) in [6.45, 7) is 1.48. The van der Waals surface area contributed by atoms with Gasteiger partial charge in [-0.05, 0) is 18.9 Å². The Hall–Kier alpha value is -3.63. The van der Waals surface area contributed by atoms with E-state index < -0.39 is 97.3 Å². The molecule has 0 spiro atoms. The number of aliphatic hydroxyl groups is 2. The molecule has 0 aliphatic carbocycles. The lowest BCUT2D eigenvalue weighted by atomic mass is 9.79. The summed E-state index contributed by atoms with van der Waals surface area (Å²) in [5.74, 6) is -5.61. The first-order chi connectivity index (χ1) is 19.6. The van der Waals surface area contributed by atoms with E-state index >= 15 is 0 Å². The molecule has 0 radical (unpaired) electrons. The largest absolute Gasteiger partial charge is 0.481 e. The van der Waals surface area contributed by atoms with Gasteiger partial charge in [-0.25, -0.2) is 4.79 Å². The second-order valence-corrected chi connectivity index (χ2v) is 9.93. The Labute approximate surface area is 237 Å². The predicted octanol–water partition coefficient (Wildman–Crippen LogP) is -2.36. The molecule has 15 nitrogen and oxygen atoms in total. The number of carboxylic acids is 2. The molecule has 2 rings (SSSR count). The summed E-state index contributed by atoms with van der Waals surface area (Å²) in [5.41, 5.74) is 10.1. The van der Waals surface area contributed by atoms with Crippen molar-refractivity contribution in [1.29, 1.82) is 0 Å². The molecule has 0 aromatic heterocycles. The quantitative estimate of drug-likeness (QED) is 0.108. The molecule has 41 heavy (non-hydrogen) atoms. The summed E-state index contributed by atoms with van der Waals surface area (Å²) in [6, 6.07) is 5.43. The molecule has 15 heteroatoms. The van der Waals surface area contributed by atoms with Crippen LogP contribution in [0.25, 0.3) is 0 Å². The van der Waals surface area contributed by atoms with Crippen molar-refractivity contribution in [3.63, 3.8) is 0 Å². The predicted molar refractivity (Wildman–Crippen MR) is 141 cm³/mol. The van der Waals surface area contributed by atoms with Gasteiger partial charge in [-0.1, -0.05) is 30.3 Å². The highest BCUT2D eigenvalue weighted by molar-refractivity contribution is 5.94. The summed E-state index contributed by atoms with van der Waals surface area (Å²) in [7, 11) is 0. The van der Waals surface area contributed by atoms with Gasteiger partial charge in [0.2, 0.25) is 17.7 Å². The molecule has 8 atom stereocenters. The zero-order chi connectivity index (χ0) is 31.8. The Morgan fingerprint density at radius 2 is 1.80 bits per heavy atom. The first-order valence-electron chi connectivity index (χ1n) is 13.3. The molecule has 1 aromatic rings. The molecule has 1 aliphatic heterocycles. The summed E-state index contributed by atoms with van der Waals surface area (Å²) in [5, 5.41) is 41.7. The van der Waals surface area contributed by atoms with Crippen molar-refractivity contribution in [2.75, 3.05) is 6.61 Å². The number of nitrogens with two attached hydrogens (primary N) is 2. The van der Waals surface area contributed by atoms with E-state index in [1.807, 2.05) is 0 Å². The zero-order valence-electron chi connectivity index (χ0n) is 23.7. The first kappa shape index (κ1) is 31.9. The Kier molecular flexibility index (Phi) is 11.5. The van der Waals surface area contributed by atoms with Crippen LogP contribution in [0, 0.1) is 0 Å². The highest BCUT2D eigenvalue weighted by Gasteiger charge is 2.50. The summed E-state index contributed by atoms with van der Waals surface area (Å²) < 4.78 is 20.0. The molecule has 228 valence electrons. The maximum atomic E-state index is 14.0. The number of rotatable bonds is 15. The summed E-state index contributed by atoms with van der Waals surface area (Å²) >= 11 is 0. The minimum Gasteiger partial charge on any atom is -0.481 e. The fourth-order valence-electron chi connectivity index (χ4n) is 4.64. The fraction of sp³-hybridized carbons (Fsp3) is 0.577. The lowest BCUT2D eigenvalue weighted by Gasteiger charge is -2.46. The fourth-order valence-corrected chi connectivity index (χ4v) is 4.64. The van der Waals surface area contributed by atoms with Gasteiger partial charge in [-0.2, -0.15) is 0 Å². The summed E-state index contributed by atoms with van der Waals surface area (Å²) in [6.07, 6.45) is -8.84. The number of ether oxygens (including phenoxy) is 2. The van der Waals surface area contributed by atoms with Gasteiger partial charge in [-0.15, -0.1) is 0 Å². The molecule has 1 heterocycles. The van der Waals surface area contributed by atoms with Crippen LogP contribution in [0.5, 0.6) is 0 Å². The Balaban J connectivity index is 2.62. The Morgan fingerprint density at radius 1 is 1.17 bits per heavy atom. The molecule has 1 aliphatic rings. The van der Waals surface area contributed by atoms with Crippen LogP contribution in [0.15, 0.2) is 30.3 Å². The number of carbonyl (C=O) groups excluding carboxylic acids is 3. The van der Waals surface area contributed by atoms with E-state index in [9.17, 15) is 39.3 Å². The van der Waals surface area contributed by atoms with Crippen LogP contribution in [0.4, 0.5) is 0 Å². The smallest absolute Gasteiger partial charge is 0.332 e. The maximum absolute atomic E-state index is 14.0. The molecule has 1 unspecified atom stereocenters. The molecule has 1 saturated heterocycles. The van der Waals surface area contributed by atoms with E-state index in [0.717, 1.165) is 6.92 Å². The number of carboxylic acid groups (broad SMARTS) is 2. The Bertz CT molecular complexity index is 1130. The number of nitrogens with one attached hydrogen (secondary N) is 2. The lowest BCUT2D eigenvalue weighted by molar-refractivity contribution is -0.218. The van der Waals surface area contributed by atoms with Gasteiger partial charge in [0.15, 0.2) is 7.52 Å². The third kappa shape index (κ3) is 9.19. The van der Waals surface area contributed by atoms with Crippen molar-refractivity contribution >= 4 is 29.7 Å². The molecule has 3 amide bonds. The van der Waals surface area contributed by atoms with Crippen molar-refractivity contribution in [3.05, 3.63) is 35.9 Å². The minimum absolute atomic E-state index is 0.316. The molecular formula is C26H38N4O11. The SMILES string of the molecule is [2H]N(C(C)=O)[C@@](Cc1ccccc1)(CC1O[C@H](CO)[C@@H](O)[C@H](O[C@H](C)C(=O)O)[C@H]1N)C(=O)N[C@@H](CCC(=O)O)C(N)=O. The van der Waals surface area contributed by atoms with E-state index in [0.29, 0.717) is 10.9 Å². The second-order valence-electron chi connectivity index (χ2n) is 9.93. The summed E-state index contributed by atoms with van der Waals surface area (Å²) in [4.78, 5) is 61.3. The van der Waals surface area contributed by atoms with Gasteiger partial charge in [0.1, 0.15) is 29.9 Å². The maximum Gasteiger partial charge on any atom is 0.332 e. The van der Waals surface area contributed by atoms with Crippen LogP contribution in [0.3, 0.4) is 0 Å². The normalized spacial score (nSPS) is 25.6. The topological polar surface area (TPSA) is 261 Å². The number of aliphatic carboxylic acids is 2. The highest BCUT2D eigenvalue weighted by atomic mass is 16.6. The van der Waals surface area contributed by atoms with Crippen molar-refractivity contribution in [1.82, 2.24) is 10.6 Å². The Morgan fingerprint density at radius 3 is 2.32 bits per heavy atom. The third-order valence-electron chi connectivity index (χ3n) is 6.73. The van der Waals surface area contributed by atoms with Crippen molar-refractivity contribution in [3.8, 4) is 0 Å². The number of hydrogen-bond donors (Lipinski definition) is 8. The number of amides is 3. The van der Waals surface area contributed by atoms with Gasteiger partial charge in [-0.3, -0.25) is 19.2 Å². The van der Waals surface area contributed by atoms with Gasteiger partial charge in [0.25, 0.3) is 0 Å². The van der Waals surface area contributed by atoms with Crippen molar-refractivity contribution < 1.29 is 55.3 Å². The third-order valence-corrected chi connectivity index (χ3v) is 6.73. The van der Waals surface area contributed by atoms with E-state index in [1.54, 1.807) is 30.3 Å². The zero-order valence-corrected chi connectivity index (χ0v) is 22.7. The van der Waals surface area contributed by atoms with E-state index in [1.165, 1.54) is 6.92 Å². The lowest BCUT2D eigenvalue weighted by Crippen LogP contribution is -2.69. The number of benzene rings is 1. The van der Waals surface area contributed by atoms with Crippen LogP contribution < -0.4 is 22.1 Å². The number of primary amides is 1. The first-order valence-corrected chi connectivity index (χ1v) is 12.9. The van der Waals surface area contributed by atoms with Crippen LogP contribution in [0.2, 0.25) is 1.41 Å². The van der Waals surface area contributed by atoms with Crippen LogP contribution in [-0.2, 0) is 39.9 Å². The van der Waals surface area contributed by atoms with Crippen LogP contribution in [-0.4, -0.2) is 105 Å². The number of carbonyl (C=O) groups is 5. The monoisotopic (exact) mass is 583 g/mol. The van der Waals surface area contributed by atoms with Crippen LogP contribution >= 0.6 is 0 Å². The van der Waals surface area contributed by atoms with Gasteiger partial charge >= 0.3 is 11.9 Å². The molecule has 10 N–H and O–H groups in total. The van der Waals surface area contributed by atoms with Crippen molar-refractivity contribution in [2.24, 2.45) is 11.5 Å². The molecular weight excluding hydrogens is 544 g/mol. The number of hydrogen-bond acceptors (Lipinski definition) is 10. The van der Waals surface area contributed by atoms with E-state index in [4.69, 9.17) is 27.5 Å². The standard InChI is InChI=1S/C26H38N4O11/c1-13(24(37)38)40-22-20(27)17(41-18(12-31)21(22)35)11-26(30-14(2)32,10-15-6-4-3-5-7-15)25(39)29-16(23(28)36)8-9-19(33)34/h3-7,13,16-18,20-22,31,35H,8-12,27H2,1-2H3,(H2,28,36)(H,29,39)(H,30,32)(H,33,34)(H,37,38)/t13-,16+,17?,18-,20+,21-,22-,26+/m1/s1/i/hD. The molecule has 0 bridgehead atoms. The van der Waals surface area contributed by atoms with Crippen LogP contribution in [0.1, 0.15) is 38.7 Å². The second kappa shape index (κ2) is 14.8. The van der Waals surface area contributed by atoms with E-state index in [-0.39, 0.29) is 12.8 Å². The van der Waals surface area contributed by atoms with Gasteiger partial charge < -0.3 is 52.0 Å². The van der Waals surface area contributed by atoms with Gasteiger partial charge in [0.05, 0.1) is 18.8 Å².